The minimum absolute atomic E-state index is 0.624. The van der Waals surface area contributed by atoms with Crippen LogP contribution < -0.4 is 5.46 Å². The molecular weight excluding hydrogens is 123 g/mol. The van der Waals surface area contributed by atoms with Gasteiger partial charge in [-0.15, -0.1) is 0 Å². The van der Waals surface area contributed by atoms with E-state index in [4.69, 9.17) is 7.85 Å². The molecule has 1 heterocycles. The summed E-state index contributed by atoms with van der Waals surface area (Å²) in [6.45, 7) is 5.24. The standard InChI is InChI=1S/C7H11BN2/c1-6(2)4-10-5-7(8)3-9-10/h3,5-6H,4H2,1-2H3. The first-order chi connectivity index (χ1) is 4.68. The number of rotatable bonds is 2. The van der Waals surface area contributed by atoms with Crippen molar-refractivity contribution in [2.45, 2.75) is 20.4 Å². The van der Waals surface area contributed by atoms with Gasteiger partial charge in [0.15, 0.2) is 0 Å². The van der Waals surface area contributed by atoms with Crippen molar-refractivity contribution < 1.29 is 0 Å². The normalized spacial score (nSPS) is 10.7. The van der Waals surface area contributed by atoms with Crippen LogP contribution in [0.4, 0.5) is 0 Å². The lowest BCUT2D eigenvalue weighted by Gasteiger charge is -2.02. The SMILES string of the molecule is [B]c1cnn(CC(C)C)c1. The summed E-state index contributed by atoms with van der Waals surface area (Å²) < 4.78 is 1.86. The molecule has 0 saturated carbocycles. The van der Waals surface area contributed by atoms with Crippen molar-refractivity contribution in [2.75, 3.05) is 0 Å². The van der Waals surface area contributed by atoms with E-state index in [1.165, 1.54) is 0 Å². The molecule has 0 unspecified atom stereocenters. The molecule has 0 fully saturated rings. The fourth-order valence-electron chi connectivity index (χ4n) is 0.854. The van der Waals surface area contributed by atoms with Gasteiger partial charge in [0.2, 0.25) is 0 Å². The van der Waals surface area contributed by atoms with Gasteiger partial charge in [0.05, 0.1) is 0 Å². The van der Waals surface area contributed by atoms with Crippen LogP contribution in [0.3, 0.4) is 0 Å². The zero-order valence-electron chi connectivity index (χ0n) is 6.41. The summed E-state index contributed by atoms with van der Waals surface area (Å²) in [5.74, 6) is 0.624. The second-order valence-corrected chi connectivity index (χ2v) is 2.89. The van der Waals surface area contributed by atoms with Gasteiger partial charge in [-0.3, -0.25) is 4.68 Å². The molecular formula is C7H11BN2. The number of hydrogen-bond donors (Lipinski definition) is 0. The van der Waals surface area contributed by atoms with Crippen molar-refractivity contribution in [2.24, 2.45) is 5.92 Å². The number of nitrogens with zero attached hydrogens (tertiary/aromatic N) is 2. The van der Waals surface area contributed by atoms with Crippen LogP contribution in [0.15, 0.2) is 12.4 Å². The van der Waals surface area contributed by atoms with Crippen molar-refractivity contribution in [1.29, 1.82) is 0 Å². The molecule has 0 amide bonds. The maximum Gasteiger partial charge on any atom is 0.118 e. The fraction of sp³-hybridized carbons (Fsp3) is 0.571. The van der Waals surface area contributed by atoms with Gasteiger partial charge in [-0.25, -0.2) is 0 Å². The minimum Gasteiger partial charge on any atom is -0.273 e. The summed E-state index contributed by atoms with van der Waals surface area (Å²) in [5, 5.41) is 4.05. The highest BCUT2D eigenvalue weighted by molar-refractivity contribution is 6.31. The molecule has 0 saturated heterocycles. The first kappa shape index (κ1) is 7.38. The van der Waals surface area contributed by atoms with E-state index in [1.807, 2.05) is 10.9 Å². The lowest BCUT2D eigenvalue weighted by Crippen LogP contribution is -2.05. The maximum atomic E-state index is 5.47. The lowest BCUT2D eigenvalue weighted by atomic mass is 10.0. The third-order valence-corrected chi connectivity index (χ3v) is 1.21. The van der Waals surface area contributed by atoms with Crippen LogP contribution in [0.2, 0.25) is 0 Å². The molecule has 1 aromatic heterocycles. The third-order valence-electron chi connectivity index (χ3n) is 1.21. The Labute approximate surface area is 62.7 Å². The van der Waals surface area contributed by atoms with E-state index >= 15 is 0 Å². The van der Waals surface area contributed by atoms with Crippen LogP contribution >= 0.6 is 0 Å². The Hall–Kier alpha value is -0.725. The fourth-order valence-corrected chi connectivity index (χ4v) is 0.854. The van der Waals surface area contributed by atoms with Crippen molar-refractivity contribution in [1.82, 2.24) is 9.78 Å². The van der Waals surface area contributed by atoms with Gasteiger partial charge in [-0.05, 0) is 5.92 Å². The first-order valence-electron chi connectivity index (χ1n) is 3.46. The molecule has 0 N–H and O–H groups in total. The predicted octanol–water partition coefficient (Wildman–Crippen LogP) is 0.333. The Kier molecular flexibility index (Phi) is 2.15. The van der Waals surface area contributed by atoms with Crippen LogP contribution in [-0.4, -0.2) is 17.6 Å². The second-order valence-electron chi connectivity index (χ2n) is 2.89. The molecule has 0 bridgehead atoms. The topological polar surface area (TPSA) is 17.8 Å². The molecule has 0 aliphatic rings. The Morgan fingerprint density at radius 2 is 2.40 bits per heavy atom. The van der Waals surface area contributed by atoms with Crippen LogP contribution in [0, 0.1) is 5.92 Å². The largest absolute Gasteiger partial charge is 0.273 e. The zero-order chi connectivity index (χ0) is 7.56. The van der Waals surface area contributed by atoms with E-state index in [1.54, 1.807) is 6.20 Å². The molecule has 3 heteroatoms. The summed E-state index contributed by atoms with van der Waals surface area (Å²) in [7, 11) is 5.47. The monoisotopic (exact) mass is 134 g/mol. The van der Waals surface area contributed by atoms with Gasteiger partial charge >= 0.3 is 0 Å². The van der Waals surface area contributed by atoms with E-state index in [-0.39, 0.29) is 0 Å². The van der Waals surface area contributed by atoms with E-state index in [9.17, 15) is 0 Å². The van der Waals surface area contributed by atoms with Gasteiger partial charge < -0.3 is 0 Å². The summed E-state index contributed by atoms with van der Waals surface area (Å²) in [6, 6.07) is 0. The van der Waals surface area contributed by atoms with Gasteiger partial charge in [0.25, 0.3) is 0 Å². The molecule has 0 aliphatic carbocycles. The zero-order valence-corrected chi connectivity index (χ0v) is 6.41. The third kappa shape index (κ3) is 1.90. The molecule has 0 aliphatic heterocycles. The Balaban J connectivity index is 2.58. The van der Waals surface area contributed by atoms with Crippen molar-refractivity contribution in [3.63, 3.8) is 0 Å². The highest BCUT2D eigenvalue weighted by atomic mass is 15.3. The molecule has 0 aromatic carbocycles. The maximum absolute atomic E-state index is 5.47. The molecule has 10 heavy (non-hydrogen) atoms. The van der Waals surface area contributed by atoms with Crippen LogP contribution in [-0.2, 0) is 6.54 Å². The van der Waals surface area contributed by atoms with Crippen LogP contribution in [0.5, 0.6) is 0 Å². The van der Waals surface area contributed by atoms with Crippen molar-refractivity contribution in [3.8, 4) is 0 Å². The summed E-state index contributed by atoms with van der Waals surface area (Å²) >= 11 is 0. The van der Waals surface area contributed by atoms with E-state index in [0.717, 1.165) is 12.0 Å². The summed E-state index contributed by atoms with van der Waals surface area (Å²) in [5.41, 5.74) is 0.737. The van der Waals surface area contributed by atoms with E-state index in [2.05, 4.69) is 18.9 Å². The number of hydrogen-bond acceptors (Lipinski definition) is 1. The van der Waals surface area contributed by atoms with Gasteiger partial charge in [0.1, 0.15) is 7.85 Å². The highest BCUT2D eigenvalue weighted by Crippen LogP contribution is 1.94. The minimum atomic E-state index is 0.624. The van der Waals surface area contributed by atoms with Crippen LogP contribution in [0.1, 0.15) is 13.8 Å². The van der Waals surface area contributed by atoms with Crippen molar-refractivity contribution >= 4 is 13.3 Å². The summed E-state index contributed by atoms with van der Waals surface area (Å²) in [4.78, 5) is 0. The Morgan fingerprint density at radius 1 is 1.70 bits per heavy atom. The Morgan fingerprint density at radius 3 is 2.80 bits per heavy atom. The van der Waals surface area contributed by atoms with E-state index < -0.39 is 0 Å². The Bertz CT molecular complexity index is 205. The number of aromatic nitrogens is 2. The van der Waals surface area contributed by atoms with Crippen LogP contribution in [0.25, 0.3) is 0 Å². The average Bonchev–Trinajstić information content (AvgIpc) is 2.13. The van der Waals surface area contributed by atoms with Gasteiger partial charge in [-0.2, -0.15) is 5.10 Å². The molecule has 0 atom stereocenters. The second kappa shape index (κ2) is 2.91. The smallest absolute Gasteiger partial charge is 0.118 e. The first-order valence-corrected chi connectivity index (χ1v) is 3.46. The molecule has 1 rings (SSSR count). The average molecular weight is 134 g/mol. The molecule has 0 spiro atoms. The van der Waals surface area contributed by atoms with Gasteiger partial charge in [0, 0.05) is 18.9 Å². The van der Waals surface area contributed by atoms with E-state index in [0.29, 0.717) is 5.92 Å². The molecule has 2 radical (unpaired) electrons. The van der Waals surface area contributed by atoms with Gasteiger partial charge in [-0.1, -0.05) is 19.3 Å². The summed E-state index contributed by atoms with van der Waals surface area (Å²) in [6.07, 6.45) is 3.52. The quantitative estimate of drug-likeness (QED) is 0.533. The molecule has 1 aromatic rings. The molecule has 2 nitrogen and oxygen atoms in total. The molecule has 52 valence electrons. The van der Waals surface area contributed by atoms with Crippen molar-refractivity contribution in [3.05, 3.63) is 12.4 Å². The lowest BCUT2D eigenvalue weighted by molar-refractivity contribution is 0.483. The predicted molar refractivity (Wildman–Crippen MR) is 42.5 cm³/mol. The highest BCUT2D eigenvalue weighted by Gasteiger charge is 1.95.